The number of aryl methyl sites for hydroxylation is 3. The summed E-state index contributed by atoms with van der Waals surface area (Å²) in [6.45, 7) is 5.15. The van der Waals surface area contributed by atoms with E-state index in [0.717, 1.165) is 24.2 Å². The molecule has 0 spiro atoms. The molecule has 1 saturated heterocycles. The van der Waals surface area contributed by atoms with Crippen molar-refractivity contribution >= 4 is 5.91 Å². The maximum absolute atomic E-state index is 13.7. The van der Waals surface area contributed by atoms with E-state index in [4.69, 9.17) is 4.74 Å². The number of ether oxygens (including phenoxy) is 1. The molecular formula is C19H22FN3O2. The normalized spacial score (nSPS) is 17.6. The van der Waals surface area contributed by atoms with Crippen LogP contribution in [0, 0.1) is 19.7 Å². The van der Waals surface area contributed by atoms with E-state index in [2.05, 4.69) is 9.97 Å². The van der Waals surface area contributed by atoms with Gasteiger partial charge in [0.15, 0.2) is 0 Å². The number of carbonyl (C=O) groups is 1. The number of hydrogen-bond acceptors (Lipinski definition) is 4. The molecule has 0 radical (unpaired) electrons. The minimum absolute atomic E-state index is 0.0386. The van der Waals surface area contributed by atoms with Crippen LogP contribution in [0.1, 0.15) is 33.7 Å². The van der Waals surface area contributed by atoms with Crippen molar-refractivity contribution in [2.24, 2.45) is 0 Å². The van der Waals surface area contributed by atoms with Crippen LogP contribution >= 0.6 is 0 Å². The molecule has 1 aliphatic rings. The molecule has 132 valence electrons. The fourth-order valence-electron chi connectivity index (χ4n) is 2.94. The second kappa shape index (κ2) is 7.70. The maximum atomic E-state index is 13.7. The molecule has 6 heteroatoms. The highest BCUT2D eigenvalue weighted by Crippen LogP contribution is 2.16. The highest BCUT2D eigenvalue weighted by Gasteiger charge is 2.25. The van der Waals surface area contributed by atoms with Crippen molar-refractivity contribution in [1.82, 2.24) is 14.9 Å². The van der Waals surface area contributed by atoms with Gasteiger partial charge in [-0.2, -0.15) is 0 Å². The van der Waals surface area contributed by atoms with Crippen LogP contribution in [0.5, 0.6) is 0 Å². The van der Waals surface area contributed by atoms with E-state index in [0.29, 0.717) is 30.8 Å². The number of aromatic nitrogens is 2. The van der Waals surface area contributed by atoms with Crippen molar-refractivity contribution in [1.29, 1.82) is 0 Å². The lowest BCUT2D eigenvalue weighted by molar-refractivity contribution is -0.0247. The summed E-state index contributed by atoms with van der Waals surface area (Å²) in [7, 11) is 0. The first-order valence-corrected chi connectivity index (χ1v) is 8.47. The van der Waals surface area contributed by atoms with Gasteiger partial charge in [0.05, 0.1) is 12.7 Å². The average Bonchev–Trinajstić information content (AvgIpc) is 2.62. The Hall–Kier alpha value is -2.34. The van der Waals surface area contributed by atoms with Crippen molar-refractivity contribution in [2.45, 2.75) is 32.8 Å². The Bertz CT molecular complexity index is 766. The Balaban J connectivity index is 1.60. The topological polar surface area (TPSA) is 55.3 Å². The Labute approximate surface area is 146 Å². The molecular weight excluding hydrogens is 321 g/mol. The molecule has 1 aromatic heterocycles. The van der Waals surface area contributed by atoms with Crippen LogP contribution in [0.3, 0.4) is 0 Å². The number of nitrogens with zero attached hydrogens (tertiary/aromatic N) is 3. The lowest BCUT2D eigenvalue weighted by Gasteiger charge is -2.33. The summed E-state index contributed by atoms with van der Waals surface area (Å²) < 4.78 is 19.5. The summed E-state index contributed by atoms with van der Waals surface area (Å²) in [5.41, 5.74) is 2.83. The summed E-state index contributed by atoms with van der Waals surface area (Å²) in [5, 5.41) is 0. The van der Waals surface area contributed by atoms with Gasteiger partial charge in [-0.1, -0.05) is 6.07 Å². The smallest absolute Gasteiger partial charge is 0.254 e. The monoisotopic (exact) mass is 343 g/mol. The number of rotatable bonds is 4. The maximum Gasteiger partial charge on any atom is 0.254 e. The zero-order valence-electron chi connectivity index (χ0n) is 14.5. The highest BCUT2D eigenvalue weighted by atomic mass is 19.1. The third kappa shape index (κ3) is 4.39. The first-order valence-electron chi connectivity index (χ1n) is 8.47. The fraction of sp³-hybridized carbons (Fsp3) is 0.421. The molecule has 0 saturated carbocycles. The summed E-state index contributed by atoms with van der Waals surface area (Å²) in [5.74, 6) is -0.500. The van der Waals surface area contributed by atoms with E-state index in [9.17, 15) is 9.18 Å². The van der Waals surface area contributed by atoms with Gasteiger partial charge >= 0.3 is 0 Å². The van der Waals surface area contributed by atoms with Crippen molar-refractivity contribution in [2.75, 3.05) is 19.7 Å². The molecule has 1 fully saturated rings. The van der Waals surface area contributed by atoms with E-state index in [1.165, 1.54) is 6.07 Å². The molecule has 0 unspecified atom stereocenters. The molecule has 2 aromatic rings. The molecule has 5 nitrogen and oxygen atoms in total. The van der Waals surface area contributed by atoms with E-state index in [1.807, 2.05) is 13.0 Å². The SMILES string of the molecule is Cc1cc(CC[C@H]2CN(C(=O)c3ccc(C)c(F)c3)CCO2)ncn1. The van der Waals surface area contributed by atoms with Gasteiger partial charge < -0.3 is 9.64 Å². The van der Waals surface area contributed by atoms with Gasteiger partial charge in [-0.3, -0.25) is 4.79 Å². The van der Waals surface area contributed by atoms with Crippen molar-refractivity contribution in [3.63, 3.8) is 0 Å². The Morgan fingerprint density at radius 3 is 2.92 bits per heavy atom. The number of halogens is 1. The molecule has 2 heterocycles. The van der Waals surface area contributed by atoms with Crippen LogP contribution in [0.25, 0.3) is 0 Å². The number of amides is 1. The first-order chi connectivity index (χ1) is 12.0. The molecule has 0 aliphatic carbocycles. The van der Waals surface area contributed by atoms with Crippen LogP contribution in [0.2, 0.25) is 0 Å². The molecule has 1 amide bonds. The van der Waals surface area contributed by atoms with Gasteiger partial charge in [-0.05, 0) is 50.5 Å². The summed E-state index contributed by atoms with van der Waals surface area (Å²) >= 11 is 0. The van der Waals surface area contributed by atoms with Crippen LogP contribution in [0.15, 0.2) is 30.6 Å². The number of carbonyl (C=O) groups excluding carboxylic acids is 1. The average molecular weight is 343 g/mol. The second-order valence-electron chi connectivity index (χ2n) is 6.40. The van der Waals surface area contributed by atoms with Crippen LogP contribution in [-0.4, -0.2) is 46.6 Å². The number of benzene rings is 1. The first kappa shape index (κ1) is 17.5. The van der Waals surface area contributed by atoms with Crippen molar-refractivity contribution in [3.05, 3.63) is 58.9 Å². The highest BCUT2D eigenvalue weighted by molar-refractivity contribution is 5.94. The largest absolute Gasteiger partial charge is 0.375 e. The van der Waals surface area contributed by atoms with Gasteiger partial charge in [0, 0.05) is 30.0 Å². The van der Waals surface area contributed by atoms with E-state index >= 15 is 0 Å². The lowest BCUT2D eigenvalue weighted by atomic mass is 10.1. The number of hydrogen-bond donors (Lipinski definition) is 0. The molecule has 0 N–H and O–H groups in total. The Morgan fingerprint density at radius 1 is 1.32 bits per heavy atom. The van der Waals surface area contributed by atoms with Crippen LogP contribution in [-0.2, 0) is 11.2 Å². The van der Waals surface area contributed by atoms with E-state index in [-0.39, 0.29) is 17.8 Å². The predicted molar refractivity (Wildman–Crippen MR) is 91.9 cm³/mol. The summed E-state index contributed by atoms with van der Waals surface area (Å²) in [6.07, 6.45) is 3.08. The van der Waals surface area contributed by atoms with Crippen LogP contribution in [0.4, 0.5) is 4.39 Å². The third-order valence-electron chi connectivity index (χ3n) is 4.43. The zero-order valence-corrected chi connectivity index (χ0v) is 14.5. The standard InChI is InChI=1S/C19H22FN3O2/c1-13-3-4-15(10-18(13)20)19(24)23-7-8-25-17(11-23)6-5-16-9-14(2)21-12-22-16/h3-4,9-10,12,17H,5-8,11H2,1-2H3/t17-/m0/s1. The third-order valence-corrected chi connectivity index (χ3v) is 4.43. The zero-order chi connectivity index (χ0) is 17.8. The van der Waals surface area contributed by atoms with E-state index in [1.54, 1.807) is 30.3 Å². The molecule has 25 heavy (non-hydrogen) atoms. The number of morpholine rings is 1. The quantitative estimate of drug-likeness (QED) is 0.856. The van der Waals surface area contributed by atoms with Crippen molar-refractivity contribution < 1.29 is 13.9 Å². The molecule has 1 aromatic carbocycles. The van der Waals surface area contributed by atoms with Gasteiger partial charge in [0.25, 0.3) is 5.91 Å². The molecule has 0 bridgehead atoms. The molecule has 1 aliphatic heterocycles. The molecule has 3 rings (SSSR count). The Morgan fingerprint density at radius 2 is 2.16 bits per heavy atom. The fourth-order valence-corrected chi connectivity index (χ4v) is 2.94. The minimum Gasteiger partial charge on any atom is -0.375 e. The van der Waals surface area contributed by atoms with Gasteiger partial charge in [-0.15, -0.1) is 0 Å². The van der Waals surface area contributed by atoms with E-state index < -0.39 is 0 Å². The minimum atomic E-state index is -0.352. The summed E-state index contributed by atoms with van der Waals surface area (Å²) in [4.78, 5) is 22.7. The predicted octanol–water partition coefficient (Wildman–Crippen LogP) is 2.71. The van der Waals surface area contributed by atoms with Crippen molar-refractivity contribution in [3.8, 4) is 0 Å². The van der Waals surface area contributed by atoms with Gasteiger partial charge in [0.2, 0.25) is 0 Å². The lowest BCUT2D eigenvalue weighted by Crippen LogP contribution is -2.45. The molecule has 1 atom stereocenters. The van der Waals surface area contributed by atoms with Gasteiger partial charge in [0.1, 0.15) is 12.1 Å². The van der Waals surface area contributed by atoms with Crippen LogP contribution < -0.4 is 0 Å². The van der Waals surface area contributed by atoms with Gasteiger partial charge in [-0.25, -0.2) is 14.4 Å². The second-order valence-corrected chi connectivity index (χ2v) is 6.40. The summed E-state index contributed by atoms with van der Waals surface area (Å²) in [6, 6.07) is 6.58. The Kier molecular flexibility index (Phi) is 5.38.